The summed E-state index contributed by atoms with van der Waals surface area (Å²) in [4.78, 5) is 11.5. The third-order valence-corrected chi connectivity index (χ3v) is 1.88. The van der Waals surface area contributed by atoms with Gasteiger partial charge >= 0.3 is 0 Å². The first-order valence-electron chi connectivity index (χ1n) is 5.14. The number of aryl methyl sites for hydroxylation is 1. The van der Waals surface area contributed by atoms with Crippen molar-refractivity contribution < 1.29 is 9.53 Å². The predicted octanol–water partition coefficient (Wildman–Crippen LogP) is 0.959. The Hall–Kier alpha value is -1.52. The highest BCUT2D eigenvalue weighted by Crippen LogP contribution is 2.10. The molecular formula is C10H17N3O2. The largest absolute Gasteiger partial charge is 0.477 e. The molecule has 1 aromatic rings. The highest BCUT2D eigenvalue weighted by Gasteiger charge is 2.12. The van der Waals surface area contributed by atoms with Crippen LogP contribution in [0.3, 0.4) is 0 Å². The Bertz CT molecular complexity index is 333. The second-order valence-corrected chi connectivity index (χ2v) is 3.20. The van der Waals surface area contributed by atoms with Crippen LogP contribution in [0.1, 0.15) is 30.8 Å². The number of hydrogen-bond acceptors (Lipinski definition) is 3. The van der Waals surface area contributed by atoms with Crippen molar-refractivity contribution >= 4 is 5.91 Å². The fraction of sp³-hybridized carbons (Fsp3) is 0.600. The molecule has 0 atom stereocenters. The smallest absolute Gasteiger partial charge is 0.269 e. The van der Waals surface area contributed by atoms with Gasteiger partial charge in [0.2, 0.25) is 5.88 Å². The third kappa shape index (κ3) is 2.97. The van der Waals surface area contributed by atoms with E-state index in [-0.39, 0.29) is 5.91 Å². The first-order chi connectivity index (χ1) is 7.19. The predicted molar refractivity (Wildman–Crippen MR) is 57.0 cm³/mol. The molecule has 0 radical (unpaired) electrons. The van der Waals surface area contributed by atoms with Crippen LogP contribution in [0.4, 0.5) is 0 Å². The molecule has 0 bridgehead atoms. The molecule has 1 amide bonds. The van der Waals surface area contributed by atoms with E-state index in [2.05, 4.69) is 10.4 Å². The summed E-state index contributed by atoms with van der Waals surface area (Å²) in [6.07, 6.45) is 0.924. The summed E-state index contributed by atoms with van der Waals surface area (Å²) in [5, 5.41) is 6.80. The van der Waals surface area contributed by atoms with E-state index in [4.69, 9.17) is 4.74 Å². The maximum Gasteiger partial charge on any atom is 0.269 e. The molecule has 0 aliphatic rings. The van der Waals surface area contributed by atoms with Crippen molar-refractivity contribution in [1.29, 1.82) is 0 Å². The van der Waals surface area contributed by atoms with Gasteiger partial charge in [0, 0.05) is 19.7 Å². The van der Waals surface area contributed by atoms with Crippen LogP contribution in [0.2, 0.25) is 0 Å². The molecule has 0 saturated carbocycles. The normalized spacial score (nSPS) is 10.1. The van der Waals surface area contributed by atoms with E-state index in [0.29, 0.717) is 24.7 Å². The molecule has 0 saturated heterocycles. The van der Waals surface area contributed by atoms with E-state index in [9.17, 15) is 4.79 Å². The van der Waals surface area contributed by atoms with E-state index < -0.39 is 0 Å². The minimum atomic E-state index is -0.126. The zero-order chi connectivity index (χ0) is 11.3. The second-order valence-electron chi connectivity index (χ2n) is 3.20. The van der Waals surface area contributed by atoms with Gasteiger partial charge in [0.25, 0.3) is 5.91 Å². The highest BCUT2D eigenvalue weighted by molar-refractivity contribution is 5.92. The summed E-state index contributed by atoms with van der Waals surface area (Å²) in [7, 11) is 1.73. The molecular weight excluding hydrogens is 194 g/mol. The van der Waals surface area contributed by atoms with Crippen LogP contribution in [0.15, 0.2) is 6.07 Å². The van der Waals surface area contributed by atoms with Gasteiger partial charge in [-0.25, -0.2) is 0 Å². The molecule has 0 aliphatic carbocycles. The van der Waals surface area contributed by atoms with Crippen LogP contribution in [0, 0.1) is 0 Å². The molecule has 0 unspecified atom stereocenters. The van der Waals surface area contributed by atoms with Crippen LogP contribution in [-0.2, 0) is 7.05 Å². The molecule has 5 nitrogen and oxygen atoms in total. The number of ether oxygens (including phenoxy) is 1. The monoisotopic (exact) mass is 211 g/mol. The number of rotatable bonds is 5. The number of nitrogens with one attached hydrogen (secondary N) is 1. The van der Waals surface area contributed by atoms with E-state index in [1.165, 1.54) is 4.68 Å². The molecule has 1 rings (SSSR count). The SMILES string of the molecule is CCCOc1cc(C(=O)NCC)n(C)n1. The topological polar surface area (TPSA) is 56.1 Å². The Morgan fingerprint density at radius 1 is 1.60 bits per heavy atom. The van der Waals surface area contributed by atoms with Gasteiger partial charge in [-0.2, -0.15) is 0 Å². The van der Waals surface area contributed by atoms with E-state index >= 15 is 0 Å². The zero-order valence-corrected chi connectivity index (χ0v) is 9.41. The van der Waals surface area contributed by atoms with Crippen LogP contribution in [0.25, 0.3) is 0 Å². The Kier molecular flexibility index (Phi) is 4.15. The van der Waals surface area contributed by atoms with Crippen LogP contribution in [-0.4, -0.2) is 28.8 Å². The number of carbonyl (C=O) groups is 1. The van der Waals surface area contributed by atoms with Gasteiger partial charge < -0.3 is 10.1 Å². The maximum absolute atomic E-state index is 11.5. The van der Waals surface area contributed by atoms with Crippen LogP contribution >= 0.6 is 0 Å². The molecule has 0 fully saturated rings. The number of carbonyl (C=O) groups excluding carboxylic acids is 1. The lowest BCUT2D eigenvalue weighted by Gasteiger charge is -2.00. The molecule has 15 heavy (non-hydrogen) atoms. The van der Waals surface area contributed by atoms with Crippen molar-refractivity contribution in [3.8, 4) is 5.88 Å². The lowest BCUT2D eigenvalue weighted by atomic mass is 10.4. The summed E-state index contributed by atoms with van der Waals surface area (Å²) < 4.78 is 6.86. The minimum Gasteiger partial charge on any atom is -0.477 e. The average Bonchev–Trinajstić information content (AvgIpc) is 2.57. The van der Waals surface area contributed by atoms with Gasteiger partial charge in [-0.3, -0.25) is 9.48 Å². The second kappa shape index (κ2) is 5.38. The molecule has 1 aromatic heterocycles. The molecule has 5 heteroatoms. The highest BCUT2D eigenvalue weighted by atomic mass is 16.5. The van der Waals surface area contributed by atoms with E-state index in [1.54, 1.807) is 13.1 Å². The minimum absolute atomic E-state index is 0.126. The van der Waals surface area contributed by atoms with Gasteiger partial charge in [-0.05, 0) is 13.3 Å². The fourth-order valence-electron chi connectivity index (χ4n) is 1.18. The Balaban J connectivity index is 2.72. The van der Waals surface area contributed by atoms with Gasteiger partial charge in [0.15, 0.2) is 0 Å². The van der Waals surface area contributed by atoms with Crippen molar-refractivity contribution in [1.82, 2.24) is 15.1 Å². The van der Waals surface area contributed by atoms with Gasteiger partial charge in [-0.1, -0.05) is 6.92 Å². The Labute approximate surface area is 89.4 Å². The maximum atomic E-state index is 11.5. The van der Waals surface area contributed by atoms with Crippen molar-refractivity contribution in [3.63, 3.8) is 0 Å². The van der Waals surface area contributed by atoms with E-state index in [0.717, 1.165) is 6.42 Å². The van der Waals surface area contributed by atoms with Gasteiger partial charge in [0.05, 0.1) is 6.61 Å². The first kappa shape index (κ1) is 11.6. The third-order valence-electron chi connectivity index (χ3n) is 1.88. The number of nitrogens with zero attached hydrogens (tertiary/aromatic N) is 2. The van der Waals surface area contributed by atoms with E-state index in [1.807, 2.05) is 13.8 Å². The Morgan fingerprint density at radius 2 is 2.33 bits per heavy atom. The lowest BCUT2D eigenvalue weighted by Crippen LogP contribution is -2.24. The molecule has 84 valence electrons. The quantitative estimate of drug-likeness (QED) is 0.789. The van der Waals surface area contributed by atoms with Crippen LogP contribution < -0.4 is 10.1 Å². The van der Waals surface area contributed by atoms with Gasteiger partial charge in [-0.15, -0.1) is 5.10 Å². The van der Waals surface area contributed by atoms with Gasteiger partial charge in [0.1, 0.15) is 5.69 Å². The lowest BCUT2D eigenvalue weighted by molar-refractivity contribution is 0.0946. The number of aromatic nitrogens is 2. The molecule has 1 N–H and O–H groups in total. The van der Waals surface area contributed by atoms with Crippen molar-refractivity contribution in [2.75, 3.05) is 13.2 Å². The summed E-state index contributed by atoms with van der Waals surface area (Å²) in [5.41, 5.74) is 0.517. The van der Waals surface area contributed by atoms with Crippen molar-refractivity contribution in [2.24, 2.45) is 7.05 Å². The zero-order valence-electron chi connectivity index (χ0n) is 9.41. The molecule has 0 aromatic carbocycles. The summed E-state index contributed by atoms with van der Waals surface area (Å²) >= 11 is 0. The number of hydrogen-bond donors (Lipinski definition) is 1. The summed E-state index contributed by atoms with van der Waals surface area (Å²) in [5.74, 6) is 0.374. The average molecular weight is 211 g/mol. The fourth-order valence-corrected chi connectivity index (χ4v) is 1.18. The molecule has 1 heterocycles. The molecule has 0 aliphatic heterocycles. The summed E-state index contributed by atoms with van der Waals surface area (Å²) in [6.45, 7) is 5.12. The summed E-state index contributed by atoms with van der Waals surface area (Å²) in [6, 6.07) is 1.65. The first-order valence-corrected chi connectivity index (χ1v) is 5.14. The van der Waals surface area contributed by atoms with Crippen LogP contribution in [0.5, 0.6) is 5.88 Å². The van der Waals surface area contributed by atoms with Crippen molar-refractivity contribution in [2.45, 2.75) is 20.3 Å². The molecule has 0 spiro atoms. The van der Waals surface area contributed by atoms with Crippen molar-refractivity contribution in [3.05, 3.63) is 11.8 Å². The Morgan fingerprint density at radius 3 is 2.93 bits per heavy atom. The number of amides is 1. The standard InChI is InChI=1S/C10H17N3O2/c1-4-6-15-9-7-8(13(3)12-9)10(14)11-5-2/h7H,4-6H2,1-3H3,(H,11,14).